The van der Waals surface area contributed by atoms with Crippen molar-refractivity contribution in [1.29, 1.82) is 0 Å². The van der Waals surface area contributed by atoms with Gasteiger partial charge in [-0.15, -0.1) is 0 Å². The van der Waals surface area contributed by atoms with Gasteiger partial charge in [-0.25, -0.2) is 9.18 Å². The highest BCUT2D eigenvalue weighted by Gasteiger charge is 2.43. The van der Waals surface area contributed by atoms with Crippen LogP contribution in [0.3, 0.4) is 0 Å². The maximum Gasteiger partial charge on any atom is 0.322 e. The lowest BCUT2D eigenvalue weighted by Gasteiger charge is -2.37. The quantitative estimate of drug-likeness (QED) is 0.675. The Morgan fingerprint density at radius 2 is 1.91 bits per heavy atom. The van der Waals surface area contributed by atoms with E-state index in [9.17, 15) is 14.0 Å². The predicted octanol–water partition coefficient (Wildman–Crippen LogP) is 4.80. The van der Waals surface area contributed by atoms with E-state index in [1.165, 1.54) is 12.1 Å². The van der Waals surface area contributed by atoms with Gasteiger partial charge in [-0.05, 0) is 41.7 Å². The Kier molecular flexibility index (Phi) is 6.02. The number of carbonyl (C=O) groups is 2. The summed E-state index contributed by atoms with van der Waals surface area (Å²) >= 11 is 0. The smallest absolute Gasteiger partial charge is 0.322 e. The van der Waals surface area contributed by atoms with Crippen molar-refractivity contribution in [2.75, 3.05) is 30.5 Å². The summed E-state index contributed by atoms with van der Waals surface area (Å²) in [6, 6.07) is 12.5. The van der Waals surface area contributed by atoms with Gasteiger partial charge in [-0.1, -0.05) is 38.1 Å². The standard InChI is InChI=1S/C25H28FN3O3/c1-25(2)14-19-22(21(30)15-25)23(16-8-10-17(26)11-9-16)29(24(31)27-12-13-32-3)20-7-5-4-6-18(20)28-19/h4-11,23,28H,12-15H2,1-3H3,(H,27,31)/t23-/m1/s1. The number of fused-ring (bicyclic) bond motifs is 1. The monoisotopic (exact) mass is 437 g/mol. The number of Topliss-reactive ketones (excluding diaryl/α,β-unsaturated/α-hetero) is 1. The molecule has 6 nitrogen and oxygen atoms in total. The summed E-state index contributed by atoms with van der Waals surface area (Å²) in [6.45, 7) is 4.82. The molecule has 2 aromatic carbocycles. The Labute approximate surface area is 187 Å². The van der Waals surface area contributed by atoms with Crippen LogP contribution < -0.4 is 15.5 Å². The fourth-order valence-corrected chi connectivity index (χ4v) is 4.52. The lowest BCUT2D eigenvalue weighted by atomic mass is 9.73. The van der Waals surface area contributed by atoms with Crippen LogP contribution in [-0.4, -0.2) is 32.1 Å². The summed E-state index contributed by atoms with van der Waals surface area (Å²) in [5, 5.41) is 6.33. The first-order valence-electron chi connectivity index (χ1n) is 10.7. The maximum atomic E-state index is 13.7. The molecule has 4 rings (SSSR count). The largest absolute Gasteiger partial charge is 0.383 e. The molecule has 1 aliphatic heterocycles. The van der Waals surface area contributed by atoms with Crippen LogP contribution in [0.4, 0.5) is 20.6 Å². The number of nitrogens with one attached hydrogen (secondary N) is 2. The normalized spacial score (nSPS) is 19.6. The molecule has 32 heavy (non-hydrogen) atoms. The minimum Gasteiger partial charge on any atom is -0.383 e. The van der Waals surface area contributed by atoms with Crippen molar-refractivity contribution in [2.45, 2.75) is 32.7 Å². The van der Waals surface area contributed by atoms with Crippen molar-refractivity contribution in [1.82, 2.24) is 5.32 Å². The number of anilines is 2. The second-order valence-electron chi connectivity index (χ2n) is 9.02. The number of urea groups is 1. The lowest BCUT2D eigenvalue weighted by Crippen LogP contribution is -2.45. The molecule has 7 heteroatoms. The van der Waals surface area contributed by atoms with Crippen molar-refractivity contribution in [3.05, 3.63) is 71.2 Å². The van der Waals surface area contributed by atoms with Crippen molar-refractivity contribution in [3.63, 3.8) is 0 Å². The molecule has 2 amide bonds. The molecule has 0 bridgehead atoms. The van der Waals surface area contributed by atoms with E-state index in [0.29, 0.717) is 42.8 Å². The highest BCUT2D eigenvalue weighted by Crippen LogP contribution is 2.48. The number of nitrogens with zero attached hydrogens (tertiary/aromatic N) is 1. The second kappa shape index (κ2) is 8.74. The fourth-order valence-electron chi connectivity index (χ4n) is 4.52. The number of methoxy groups -OCH3 is 1. The first-order chi connectivity index (χ1) is 15.3. The number of hydrogen-bond acceptors (Lipinski definition) is 4. The van der Waals surface area contributed by atoms with E-state index in [4.69, 9.17) is 4.74 Å². The summed E-state index contributed by atoms with van der Waals surface area (Å²) in [6.07, 6.45) is 1.04. The summed E-state index contributed by atoms with van der Waals surface area (Å²) in [5.41, 5.74) is 3.22. The van der Waals surface area contributed by atoms with Gasteiger partial charge in [0.1, 0.15) is 5.82 Å². The molecule has 0 unspecified atom stereocenters. The van der Waals surface area contributed by atoms with Crippen LogP contribution in [0.2, 0.25) is 0 Å². The maximum absolute atomic E-state index is 13.7. The molecule has 1 aliphatic carbocycles. The highest BCUT2D eigenvalue weighted by molar-refractivity contribution is 6.06. The summed E-state index contributed by atoms with van der Waals surface area (Å²) in [7, 11) is 1.57. The third-order valence-corrected chi connectivity index (χ3v) is 5.89. The Hall–Kier alpha value is -3.19. The van der Waals surface area contributed by atoms with E-state index in [-0.39, 0.29) is 23.0 Å². The topological polar surface area (TPSA) is 70.7 Å². The number of para-hydroxylation sites is 2. The average Bonchev–Trinajstić information content (AvgIpc) is 2.88. The Bertz CT molecular complexity index is 1060. The second-order valence-corrected chi connectivity index (χ2v) is 9.02. The number of carbonyl (C=O) groups excluding carboxylic acids is 2. The molecule has 2 aromatic rings. The van der Waals surface area contributed by atoms with Crippen LogP contribution in [0.25, 0.3) is 0 Å². The van der Waals surface area contributed by atoms with Crippen molar-refractivity contribution in [3.8, 4) is 0 Å². The first kappa shape index (κ1) is 22.0. The number of amides is 2. The molecule has 1 heterocycles. The average molecular weight is 438 g/mol. The number of halogens is 1. The molecule has 0 radical (unpaired) electrons. The molecule has 0 aromatic heterocycles. The number of ketones is 1. The van der Waals surface area contributed by atoms with Crippen molar-refractivity contribution < 1.29 is 18.7 Å². The van der Waals surface area contributed by atoms with Crippen LogP contribution in [0, 0.1) is 11.2 Å². The molecule has 0 saturated carbocycles. The number of allylic oxidation sites excluding steroid dienone is 1. The molecule has 2 aliphatic rings. The summed E-state index contributed by atoms with van der Waals surface area (Å²) in [5.74, 6) is -0.386. The van der Waals surface area contributed by atoms with Gasteiger partial charge >= 0.3 is 6.03 Å². The number of ether oxygens (including phenoxy) is 1. The third kappa shape index (κ3) is 4.25. The van der Waals surface area contributed by atoms with Gasteiger partial charge in [-0.2, -0.15) is 0 Å². The fraction of sp³-hybridized carbons (Fsp3) is 0.360. The predicted molar refractivity (Wildman–Crippen MR) is 122 cm³/mol. The van der Waals surface area contributed by atoms with Crippen molar-refractivity contribution >= 4 is 23.2 Å². The lowest BCUT2D eigenvalue weighted by molar-refractivity contribution is -0.118. The highest BCUT2D eigenvalue weighted by atomic mass is 19.1. The summed E-state index contributed by atoms with van der Waals surface area (Å²) in [4.78, 5) is 28.5. The minimum atomic E-state index is -0.687. The molecule has 0 fully saturated rings. The SMILES string of the molecule is COCCNC(=O)N1c2ccccc2NC2=C(C(=O)CC(C)(C)C2)[C@H]1c1ccc(F)cc1. The molecule has 0 saturated heterocycles. The Morgan fingerprint density at radius 3 is 2.62 bits per heavy atom. The van der Waals surface area contributed by atoms with Gasteiger partial charge in [0.25, 0.3) is 0 Å². The van der Waals surface area contributed by atoms with Crippen LogP contribution >= 0.6 is 0 Å². The van der Waals surface area contributed by atoms with E-state index >= 15 is 0 Å². The zero-order valence-corrected chi connectivity index (χ0v) is 18.6. The van der Waals surface area contributed by atoms with E-state index < -0.39 is 6.04 Å². The Balaban J connectivity index is 1.92. The molecular weight excluding hydrogens is 409 g/mol. The minimum absolute atomic E-state index is 0.0134. The zero-order valence-electron chi connectivity index (χ0n) is 18.6. The number of benzene rings is 2. The molecule has 2 N–H and O–H groups in total. The van der Waals surface area contributed by atoms with Crippen molar-refractivity contribution in [2.24, 2.45) is 5.41 Å². The number of hydrogen-bond donors (Lipinski definition) is 2. The van der Waals surface area contributed by atoms with Gasteiger partial charge in [0.15, 0.2) is 5.78 Å². The van der Waals surface area contributed by atoms with Gasteiger partial charge in [0, 0.05) is 31.3 Å². The molecule has 0 spiro atoms. The van der Waals surface area contributed by atoms with Gasteiger partial charge in [-0.3, -0.25) is 9.69 Å². The molecule has 1 atom stereocenters. The third-order valence-electron chi connectivity index (χ3n) is 5.89. The van der Waals surface area contributed by atoms with E-state index in [1.54, 1.807) is 24.1 Å². The Morgan fingerprint density at radius 1 is 1.19 bits per heavy atom. The molecular formula is C25H28FN3O3. The summed E-state index contributed by atoms with van der Waals surface area (Å²) < 4.78 is 18.8. The van der Waals surface area contributed by atoms with E-state index in [1.807, 2.05) is 24.3 Å². The number of rotatable bonds is 4. The molecule has 168 valence electrons. The van der Waals surface area contributed by atoms with Crippen LogP contribution in [-0.2, 0) is 9.53 Å². The first-order valence-corrected chi connectivity index (χ1v) is 10.7. The van der Waals surface area contributed by atoms with E-state index in [0.717, 1.165) is 11.4 Å². The van der Waals surface area contributed by atoms with E-state index in [2.05, 4.69) is 24.5 Å². The van der Waals surface area contributed by atoms with Crippen LogP contribution in [0.15, 0.2) is 59.8 Å². The van der Waals surface area contributed by atoms with Gasteiger partial charge < -0.3 is 15.4 Å². The zero-order chi connectivity index (χ0) is 22.9. The van der Waals surface area contributed by atoms with Gasteiger partial charge in [0.05, 0.1) is 24.0 Å². The van der Waals surface area contributed by atoms with Gasteiger partial charge in [0.2, 0.25) is 0 Å². The van der Waals surface area contributed by atoms with Crippen LogP contribution in [0.1, 0.15) is 38.3 Å². The van der Waals surface area contributed by atoms with Crippen LogP contribution in [0.5, 0.6) is 0 Å².